The van der Waals surface area contributed by atoms with Crippen LogP contribution < -0.4 is 30.2 Å². The van der Waals surface area contributed by atoms with Crippen LogP contribution in [0.1, 0.15) is 25.0 Å². The van der Waals surface area contributed by atoms with Crippen LogP contribution in [0.5, 0.6) is 17.2 Å². The molecule has 4 aromatic rings. The van der Waals surface area contributed by atoms with Crippen LogP contribution >= 0.6 is 0 Å². The van der Waals surface area contributed by atoms with Crippen molar-refractivity contribution in [3.05, 3.63) is 108 Å². The molecule has 0 aliphatic carbocycles. The highest BCUT2D eigenvalue weighted by molar-refractivity contribution is 6.32. The van der Waals surface area contributed by atoms with Gasteiger partial charge in [0.15, 0.2) is 11.5 Å². The van der Waals surface area contributed by atoms with Crippen molar-refractivity contribution >= 4 is 24.8 Å². The number of carbonyl (C=O) groups excluding carboxylic acids is 2. The van der Waals surface area contributed by atoms with E-state index in [0.29, 0.717) is 22.9 Å². The van der Waals surface area contributed by atoms with E-state index in [9.17, 15) is 19.6 Å². The molecule has 11 nitrogen and oxygen atoms in total. The van der Waals surface area contributed by atoms with Gasteiger partial charge in [0.05, 0.1) is 21.3 Å². The zero-order chi connectivity index (χ0) is 35.3. The molecule has 0 heterocycles. The predicted octanol–water partition coefficient (Wildman–Crippen LogP) is 4.21. The van der Waals surface area contributed by atoms with E-state index in [2.05, 4.69) is 16.0 Å². The molecule has 258 valence electrons. The van der Waals surface area contributed by atoms with Crippen molar-refractivity contribution in [2.24, 2.45) is 5.92 Å². The van der Waals surface area contributed by atoms with Crippen LogP contribution in [0.3, 0.4) is 0 Å². The smallest absolute Gasteiger partial charge is 0.493 e. The van der Waals surface area contributed by atoms with E-state index < -0.39 is 37.4 Å². The van der Waals surface area contributed by atoms with Gasteiger partial charge in [-0.15, -0.1) is 0 Å². The number of amides is 2. The van der Waals surface area contributed by atoms with Crippen LogP contribution in [0, 0.1) is 5.92 Å². The molecule has 3 atom stereocenters. The van der Waals surface area contributed by atoms with Gasteiger partial charge in [-0.2, -0.15) is 0 Å². The van der Waals surface area contributed by atoms with Crippen LogP contribution in [-0.4, -0.2) is 68.8 Å². The Balaban J connectivity index is 1.62. The zero-order valence-electron chi connectivity index (χ0n) is 28.4. The van der Waals surface area contributed by atoms with Gasteiger partial charge in [0.25, 0.3) is 0 Å². The SMILES string of the molecule is COc1cc(C[C@H](Nc2cccc(-c3ccccc3)c2)C(=O)N[C@H](C(=O)N[C@@H](Cc2ccccc2)OB(O)O)C(C)C)cc(OC)c1OC. The Labute approximate surface area is 287 Å². The number of benzene rings is 4. The van der Waals surface area contributed by atoms with E-state index >= 15 is 0 Å². The molecule has 49 heavy (non-hydrogen) atoms. The first-order valence-corrected chi connectivity index (χ1v) is 16.0. The van der Waals surface area contributed by atoms with Crippen molar-refractivity contribution in [2.75, 3.05) is 26.6 Å². The minimum atomic E-state index is -2.11. The molecule has 0 aliphatic rings. The number of carbonyl (C=O) groups is 2. The molecule has 4 rings (SSSR count). The maximum atomic E-state index is 14.2. The number of hydrogen-bond acceptors (Lipinski definition) is 9. The van der Waals surface area contributed by atoms with Gasteiger partial charge in [0.1, 0.15) is 18.3 Å². The molecule has 0 radical (unpaired) electrons. The molecule has 2 amide bonds. The molecule has 12 heteroatoms. The maximum Gasteiger partial charge on any atom is 0.635 e. The highest BCUT2D eigenvalue weighted by Gasteiger charge is 2.31. The molecule has 0 saturated carbocycles. The number of hydrogen-bond donors (Lipinski definition) is 5. The highest BCUT2D eigenvalue weighted by atomic mass is 16.6. The van der Waals surface area contributed by atoms with E-state index in [4.69, 9.17) is 18.9 Å². The van der Waals surface area contributed by atoms with E-state index in [0.717, 1.165) is 22.3 Å². The zero-order valence-corrected chi connectivity index (χ0v) is 28.4. The lowest BCUT2D eigenvalue weighted by Crippen LogP contribution is -2.56. The Morgan fingerprint density at radius 2 is 1.31 bits per heavy atom. The summed E-state index contributed by atoms with van der Waals surface area (Å²) in [5, 5.41) is 28.1. The Morgan fingerprint density at radius 1 is 0.694 bits per heavy atom. The molecule has 0 spiro atoms. The van der Waals surface area contributed by atoms with Gasteiger partial charge in [0.2, 0.25) is 17.6 Å². The van der Waals surface area contributed by atoms with Gasteiger partial charge in [0, 0.05) is 18.5 Å². The summed E-state index contributed by atoms with van der Waals surface area (Å²) in [4.78, 5) is 27.8. The molecule has 0 aromatic heterocycles. The number of ether oxygens (including phenoxy) is 3. The summed E-state index contributed by atoms with van der Waals surface area (Å²) in [5.41, 5.74) is 4.22. The lowest BCUT2D eigenvalue weighted by molar-refractivity contribution is -0.132. The van der Waals surface area contributed by atoms with Crippen molar-refractivity contribution in [3.8, 4) is 28.4 Å². The Morgan fingerprint density at radius 3 is 1.88 bits per heavy atom. The second-order valence-corrected chi connectivity index (χ2v) is 11.8. The maximum absolute atomic E-state index is 14.2. The van der Waals surface area contributed by atoms with Gasteiger partial charge in [-0.25, -0.2) is 0 Å². The van der Waals surface area contributed by atoms with Gasteiger partial charge >= 0.3 is 7.32 Å². The minimum absolute atomic E-state index is 0.173. The highest BCUT2D eigenvalue weighted by Crippen LogP contribution is 2.38. The Bertz CT molecular complexity index is 1630. The fraction of sp³-hybridized carbons (Fsp3) is 0.297. The standard InChI is InChI=1S/C37H44BN3O8/c1-24(2)34(37(43)40-33(49-38(44)45)22-25-13-8-6-9-14-25)41-36(42)30(19-26-20-31(46-3)35(48-5)32(21-26)47-4)39-29-18-12-17-28(23-29)27-15-10-7-11-16-27/h6-18,20-21,23-24,30,33-34,39,44-45H,19,22H2,1-5H3,(H,40,43)(H,41,42)/t30-,33+,34-/m0/s1. The number of methoxy groups -OCH3 is 3. The first-order valence-electron chi connectivity index (χ1n) is 16.0. The lowest BCUT2D eigenvalue weighted by Gasteiger charge is -2.28. The van der Waals surface area contributed by atoms with E-state index in [1.807, 2.05) is 98.8 Å². The van der Waals surface area contributed by atoms with Crippen LogP contribution in [0.2, 0.25) is 0 Å². The molecule has 4 aromatic carbocycles. The molecular weight excluding hydrogens is 625 g/mol. The Kier molecular flexibility index (Phi) is 13.5. The van der Waals surface area contributed by atoms with Crippen LogP contribution in [0.15, 0.2) is 97.1 Å². The predicted molar refractivity (Wildman–Crippen MR) is 189 cm³/mol. The Hall–Kier alpha value is -5.04. The monoisotopic (exact) mass is 669 g/mol. The number of nitrogens with one attached hydrogen (secondary N) is 3. The summed E-state index contributed by atoms with van der Waals surface area (Å²) >= 11 is 0. The van der Waals surface area contributed by atoms with E-state index in [1.54, 1.807) is 12.1 Å². The van der Waals surface area contributed by atoms with Crippen molar-refractivity contribution in [1.82, 2.24) is 10.6 Å². The third-order valence-corrected chi connectivity index (χ3v) is 7.89. The summed E-state index contributed by atoms with van der Waals surface area (Å²) in [6.07, 6.45) is -0.700. The largest absolute Gasteiger partial charge is 0.635 e. The fourth-order valence-electron chi connectivity index (χ4n) is 5.46. The van der Waals surface area contributed by atoms with E-state index in [1.165, 1.54) is 21.3 Å². The number of rotatable bonds is 17. The molecule has 0 saturated heterocycles. The second-order valence-electron chi connectivity index (χ2n) is 11.8. The molecule has 0 bridgehead atoms. The second kappa shape index (κ2) is 17.9. The molecule has 0 aliphatic heterocycles. The van der Waals surface area contributed by atoms with Crippen LogP contribution in [0.4, 0.5) is 5.69 Å². The van der Waals surface area contributed by atoms with Crippen molar-refractivity contribution < 1.29 is 38.5 Å². The normalized spacial score (nSPS) is 12.7. The minimum Gasteiger partial charge on any atom is -0.493 e. The first-order chi connectivity index (χ1) is 23.6. The van der Waals surface area contributed by atoms with E-state index in [-0.39, 0.29) is 18.8 Å². The molecule has 5 N–H and O–H groups in total. The van der Waals surface area contributed by atoms with Crippen molar-refractivity contribution in [2.45, 2.75) is 45.0 Å². The van der Waals surface area contributed by atoms with Crippen LogP contribution in [-0.2, 0) is 27.1 Å². The van der Waals surface area contributed by atoms with Gasteiger partial charge in [-0.1, -0.05) is 86.6 Å². The molecule has 0 unspecified atom stereocenters. The van der Waals surface area contributed by atoms with Gasteiger partial charge in [-0.05, 0) is 52.4 Å². The average molecular weight is 670 g/mol. The fourth-order valence-corrected chi connectivity index (χ4v) is 5.46. The number of anilines is 1. The molecule has 0 fully saturated rings. The molecular formula is C37H44BN3O8. The summed E-state index contributed by atoms with van der Waals surface area (Å²) in [7, 11) is 2.45. The van der Waals surface area contributed by atoms with Gasteiger partial charge < -0.3 is 44.9 Å². The average Bonchev–Trinajstić information content (AvgIpc) is 3.10. The summed E-state index contributed by atoms with van der Waals surface area (Å²) in [6, 6.07) is 28.5. The topological polar surface area (TPSA) is 148 Å². The van der Waals surface area contributed by atoms with Crippen molar-refractivity contribution in [1.29, 1.82) is 0 Å². The quantitative estimate of drug-likeness (QED) is 0.0824. The first kappa shape index (κ1) is 36.8. The summed E-state index contributed by atoms with van der Waals surface area (Å²) in [5.74, 6) is 0.00534. The summed E-state index contributed by atoms with van der Waals surface area (Å²) < 4.78 is 21.8. The third-order valence-electron chi connectivity index (χ3n) is 7.89. The van der Waals surface area contributed by atoms with Gasteiger partial charge in [-0.3, -0.25) is 9.59 Å². The van der Waals surface area contributed by atoms with Crippen LogP contribution in [0.25, 0.3) is 11.1 Å². The lowest BCUT2D eigenvalue weighted by atomic mass is 9.99. The van der Waals surface area contributed by atoms with Crippen molar-refractivity contribution in [3.63, 3.8) is 0 Å². The summed E-state index contributed by atoms with van der Waals surface area (Å²) in [6.45, 7) is 3.62. The third kappa shape index (κ3) is 10.5.